The summed E-state index contributed by atoms with van der Waals surface area (Å²) in [5, 5.41) is 14.0. The molecular formula is C13H23N3O4. The van der Waals surface area contributed by atoms with Gasteiger partial charge in [0.15, 0.2) is 0 Å². The van der Waals surface area contributed by atoms with Crippen molar-refractivity contribution in [2.75, 3.05) is 19.7 Å². The Morgan fingerprint density at radius 1 is 1.45 bits per heavy atom. The second-order valence-corrected chi connectivity index (χ2v) is 5.68. The number of rotatable bonds is 7. The van der Waals surface area contributed by atoms with Crippen LogP contribution >= 0.6 is 0 Å². The summed E-state index contributed by atoms with van der Waals surface area (Å²) in [7, 11) is 0. The van der Waals surface area contributed by atoms with Gasteiger partial charge in [-0.05, 0) is 26.2 Å². The maximum atomic E-state index is 11.9. The van der Waals surface area contributed by atoms with Crippen molar-refractivity contribution in [2.24, 2.45) is 5.92 Å². The quantitative estimate of drug-likeness (QED) is 0.566. The van der Waals surface area contributed by atoms with Crippen molar-refractivity contribution in [2.45, 2.75) is 39.2 Å². The number of imide groups is 1. The Balaban J connectivity index is 2.35. The molecule has 0 aromatic heterocycles. The standard InChI is InChI=1S/C13H23N3O4/c1-9(5-7-17)8-14-10(18)4-6-16-11(19)13(2,3)15-12(16)20/h9,17H,4-8H2,1-3H3,(H,14,18)(H,15,20). The van der Waals surface area contributed by atoms with E-state index in [-0.39, 0.29) is 37.3 Å². The number of nitrogens with one attached hydrogen (secondary N) is 2. The Morgan fingerprint density at radius 3 is 2.60 bits per heavy atom. The summed E-state index contributed by atoms with van der Waals surface area (Å²) in [6.45, 7) is 5.83. The molecule has 7 nitrogen and oxygen atoms in total. The third-order valence-corrected chi connectivity index (χ3v) is 3.28. The van der Waals surface area contributed by atoms with Gasteiger partial charge < -0.3 is 15.7 Å². The normalized spacial score (nSPS) is 18.9. The van der Waals surface area contributed by atoms with Crippen molar-refractivity contribution in [3.05, 3.63) is 0 Å². The molecule has 7 heteroatoms. The van der Waals surface area contributed by atoms with Gasteiger partial charge in [-0.15, -0.1) is 0 Å². The molecule has 0 bridgehead atoms. The predicted octanol–water partition coefficient (Wildman–Crippen LogP) is -0.158. The molecule has 1 saturated heterocycles. The third-order valence-electron chi connectivity index (χ3n) is 3.28. The van der Waals surface area contributed by atoms with Gasteiger partial charge in [-0.25, -0.2) is 4.79 Å². The van der Waals surface area contributed by atoms with Crippen LogP contribution in [0.25, 0.3) is 0 Å². The molecule has 1 unspecified atom stereocenters. The fourth-order valence-electron chi connectivity index (χ4n) is 1.93. The number of aliphatic hydroxyl groups is 1. The lowest BCUT2D eigenvalue weighted by Gasteiger charge is -2.16. The Hall–Kier alpha value is -1.63. The average Bonchev–Trinajstić information content (AvgIpc) is 2.54. The first kappa shape index (κ1) is 16.4. The summed E-state index contributed by atoms with van der Waals surface area (Å²) in [5.74, 6) is -0.330. The van der Waals surface area contributed by atoms with Crippen LogP contribution in [0, 0.1) is 5.92 Å². The molecular weight excluding hydrogens is 262 g/mol. The summed E-state index contributed by atoms with van der Waals surface area (Å²) in [5.41, 5.74) is -0.900. The molecule has 0 spiro atoms. The molecule has 0 radical (unpaired) electrons. The maximum Gasteiger partial charge on any atom is 0.325 e. The van der Waals surface area contributed by atoms with Crippen molar-refractivity contribution in [1.29, 1.82) is 0 Å². The number of hydrogen-bond donors (Lipinski definition) is 3. The van der Waals surface area contributed by atoms with E-state index in [1.54, 1.807) is 13.8 Å². The number of urea groups is 1. The number of aliphatic hydroxyl groups excluding tert-OH is 1. The molecule has 20 heavy (non-hydrogen) atoms. The zero-order chi connectivity index (χ0) is 15.3. The van der Waals surface area contributed by atoms with Crippen LogP contribution in [0.15, 0.2) is 0 Å². The number of carbonyl (C=O) groups is 3. The van der Waals surface area contributed by atoms with Crippen molar-refractivity contribution >= 4 is 17.8 Å². The van der Waals surface area contributed by atoms with Gasteiger partial charge in [0.1, 0.15) is 5.54 Å². The van der Waals surface area contributed by atoms with Crippen LogP contribution in [0.2, 0.25) is 0 Å². The number of hydrogen-bond acceptors (Lipinski definition) is 4. The van der Waals surface area contributed by atoms with Crippen LogP contribution < -0.4 is 10.6 Å². The van der Waals surface area contributed by atoms with E-state index in [2.05, 4.69) is 10.6 Å². The lowest BCUT2D eigenvalue weighted by molar-refractivity contribution is -0.130. The molecule has 1 atom stereocenters. The molecule has 1 heterocycles. The van der Waals surface area contributed by atoms with Crippen LogP contribution in [-0.2, 0) is 9.59 Å². The summed E-state index contributed by atoms with van der Waals surface area (Å²) in [6.07, 6.45) is 0.711. The molecule has 1 rings (SSSR count). The van der Waals surface area contributed by atoms with Crippen LogP contribution in [0.5, 0.6) is 0 Å². The first-order chi connectivity index (χ1) is 9.27. The van der Waals surface area contributed by atoms with E-state index in [9.17, 15) is 14.4 Å². The topological polar surface area (TPSA) is 98.7 Å². The Bertz CT molecular complexity index is 395. The number of amides is 4. The van der Waals surface area contributed by atoms with Crippen LogP contribution in [-0.4, -0.2) is 53.1 Å². The number of nitrogens with zero attached hydrogens (tertiary/aromatic N) is 1. The largest absolute Gasteiger partial charge is 0.396 e. The number of carbonyl (C=O) groups excluding carboxylic acids is 3. The van der Waals surface area contributed by atoms with Crippen LogP contribution in [0.3, 0.4) is 0 Å². The fraction of sp³-hybridized carbons (Fsp3) is 0.769. The van der Waals surface area contributed by atoms with E-state index in [4.69, 9.17) is 5.11 Å². The molecule has 0 aromatic carbocycles. The highest BCUT2D eigenvalue weighted by molar-refractivity contribution is 6.06. The van der Waals surface area contributed by atoms with Gasteiger partial charge in [0.25, 0.3) is 5.91 Å². The second-order valence-electron chi connectivity index (χ2n) is 5.68. The van der Waals surface area contributed by atoms with E-state index in [0.29, 0.717) is 13.0 Å². The summed E-state index contributed by atoms with van der Waals surface area (Å²) >= 11 is 0. The minimum absolute atomic E-state index is 0.0777. The summed E-state index contributed by atoms with van der Waals surface area (Å²) < 4.78 is 0. The van der Waals surface area contributed by atoms with Crippen LogP contribution in [0.4, 0.5) is 4.79 Å². The van der Waals surface area contributed by atoms with Crippen molar-refractivity contribution in [3.63, 3.8) is 0 Å². The molecule has 0 saturated carbocycles. The SMILES string of the molecule is CC(CCO)CNC(=O)CCN1C(=O)NC(C)(C)C1=O. The smallest absolute Gasteiger partial charge is 0.325 e. The molecule has 114 valence electrons. The Morgan fingerprint density at radius 2 is 2.10 bits per heavy atom. The van der Waals surface area contributed by atoms with Crippen molar-refractivity contribution < 1.29 is 19.5 Å². The first-order valence-corrected chi connectivity index (χ1v) is 6.79. The zero-order valence-electron chi connectivity index (χ0n) is 12.2. The van der Waals surface area contributed by atoms with E-state index in [1.165, 1.54) is 0 Å². The summed E-state index contributed by atoms with van der Waals surface area (Å²) in [4.78, 5) is 36.2. The van der Waals surface area contributed by atoms with E-state index < -0.39 is 11.6 Å². The van der Waals surface area contributed by atoms with Crippen molar-refractivity contribution in [1.82, 2.24) is 15.5 Å². The second kappa shape index (κ2) is 6.69. The van der Waals surface area contributed by atoms with E-state index in [1.807, 2.05) is 6.92 Å². The predicted molar refractivity (Wildman–Crippen MR) is 72.8 cm³/mol. The molecule has 1 aliphatic heterocycles. The van der Waals surface area contributed by atoms with Gasteiger partial charge >= 0.3 is 6.03 Å². The van der Waals surface area contributed by atoms with Gasteiger partial charge in [0.2, 0.25) is 5.91 Å². The maximum absolute atomic E-state index is 11.9. The van der Waals surface area contributed by atoms with Crippen LogP contribution in [0.1, 0.15) is 33.6 Å². The highest BCUT2D eigenvalue weighted by Crippen LogP contribution is 2.16. The molecule has 1 fully saturated rings. The molecule has 0 aliphatic carbocycles. The fourth-order valence-corrected chi connectivity index (χ4v) is 1.93. The molecule has 3 N–H and O–H groups in total. The first-order valence-electron chi connectivity index (χ1n) is 6.79. The van der Waals surface area contributed by atoms with E-state index in [0.717, 1.165) is 4.90 Å². The van der Waals surface area contributed by atoms with Gasteiger partial charge in [0.05, 0.1) is 0 Å². The summed E-state index contributed by atoms with van der Waals surface area (Å²) in [6, 6.07) is -0.457. The Kier molecular flexibility index (Phi) is 5.50. The average molecular weight is 285 g/mol. The van der Waals surface area contributed by atoms with Gasteiger partial charge in [-0.2, -0.15) is 0 Å². The highest BCUT2D eigenvalue weighted by atomic mass is 16.3. The Labute approximate surface area is 118 Å². The molecule has 1 aliphatic rings. The molecule has 0 aromatic rings. The van der Waals surface area contributed by atoms with Gasteiger partial charge in [-0.3, -0.25) is 14.5 Å². The monoisotopic (exact) mass is 285 g/mol. The lowest BCUT2D eigenvalue weighted by Crippen LogP contribution is -2.40. The minimum Gasteiger partial charge on any atom is -0.396 e. The van der Waals surface area contributed by atoms with Crippen molar-refractivity contribution in [3.8, 4) is 0 Å². The lowest BCUT2D eigenvalue weighted by atomic mass is 10.1. The van der Waals surface area contributed by atoms with Gasteiger partial charge in [0, 0.05) is 26.1 Å². The zero-order valence-corrected chi connectivity index (χ0v) is 12.2. The van der Waals surface area contributed by atoms with Gasteiger partial charge in [-0.1, -0.05) is 6.92 Å². The minimum atomic E-state index is -0.900. The third kappa shape index (κ3) is 4.19. The molecule has 4 amide bonds. The highest BCUT2D eigenvalue weighted by Gasteiger charge is 2.43. The van der Waals surface area contributed by atoms with E-state index >= 15 is 0 Å².